The minimum atomic E-state index is -4.23. The molecule has 0 atom stereocenters. The maximum absolute atomic E-state index is 12.4. The highest BCUT2D eigenvalue weighted by Gasteiger charge is 2.39. The Kier molecular flexibility index (Phi) is 3.22. The number of alkyl halides is 3. The second-order valence-corrected chi connectivity index (χ2v) is 3.29. The van der Waals surface area contributed by atoms with Crippen LogP contribution in [0.2, 0.25) is 0 Å². The van der Waals surface area contributed by atoms with E-state index < -0.39 is 11.7 Å². The summed E-state index contributed by atoms with van der Waals surface area (Å²) in [5, 5.41) is 0. The SMILES string of the molecule is COC=C(C1CCCC1)C(F)(F)F. The Balaban J connectivity index is 2.73. The third-order valence-corrected chi connectivity index (χ3v) is 2.37. The Bertz CT molecular complexity index is 190. The fraction of sp³-hybridized carbons (Fsp3) is 0.778. The molecule has 0 aliphatic heterocycles. The van der Waals surface area contributed by atoms with Crippen LogP contribution in [0.1, 0.15) is 25.7 Å². The van der Waals surface area contributed by atoms with E-state index in [1.807, 2.05) is 0 Å². The zero-order valence-corrected chi connectivity index (χ0v) is 7.53. The lowest BCUT2D eigenvalue weighted by Gasteiger charge is -2.16. The van der Waals surface area contributed by atoms with Crippen molar-refractivity contribution in [1.82, 2.24) is 0 Å². The Morgan fingerprint density at radius 2 is 1.85 bits per heavy atom. The van der Waals surface area contributed by atoms with Gasteiger partial charge in [-0.25, -0.2) is 0 Å². The van der Waals surface area contributed by atoms with E-state index in [9.17, 15) is 13.2 Å². The summed E-state index contributed by atoms with van der Waals surface area (Å²) in [5.74, 6) is -0.347. The van der Waals surface area contributed by atoms with E-state index in [-0.39, 0.29) is 5.92 Å². The van der Waals surface area contributed by atoms with E-state index in [0.29, 0.717) is 12.8 Å². The first-order chi connectivity index (χ1) is 6.05. The van der Waals surface area contributed by atoms with Gasteiger partial charge in [-0.15, -0.1) is 0 Å². The minimum Gasteiger partial charge on any atom is -0.504 e. The van der Waals surface area contributed by atoms with Crippen molar-refractivity contribution in [3.63, 3.8) is 0 Å². The van der Waals surface area contributed by atoms with Gasteiger partial charge in [-0.05, 0) is 18.8 Å². The number of halogens is 3. The number of hydrogen-bond donors (Lipinski definition) is 0. The lowest BCUT2D eigenvalue weighted by molar-refractivity contribution is -0.101. The standard InChI is InChI=1S/C9H13F3O/c1-13-6-8(9(10,11)12)7-4-2-3-5-7/h6-7H,2-5H2,1H3. The molecule has 0 aromatic heterocycles. The van der Waals surface area contributed by atoms with Crippen LogP contribution in [-0.2, 0) is 4.74 Å². The molecule has 13 heavy (non-hydrogen) atoms. The molecular weight excluding hydrogens is 181 g/mol. The number of rotatable bonds is 2. The van der Waals surface area contributed by atoms with Gasteiger partial charge < -0.3 is 4.74 Å². The summed E-state index contributed by atoms with van der Waals surface area (Å²) in [6, 6.07) is 0. The van der Waals surface area contributed by atoms with E-state index in [0.717, 1.165) is 19.1 Å². The molecule has 0 aromatic carbocycles. The maximum atomic E-state index is 12.4. The summed E-state index contributed by atoms with van der Waals surface area (Å²) >= 11 is 0. The predicted molar refractivity (Wildman–Crippen MR) is 43.1 cm³/mol. The highest BCUT2D eigenvalue weighted by atomic mass is 19.4. The van der Waals surface area contributed by atoms with E-state index in [4.69, 9.17) is 0 Å². The molecule has 76 valence electrons. The Morgan fingerprint density at radius 3 is 2.23 bits per heavy atom. The molecule has 0 aromatic rings. The average Bonchev–Trinajstić information content (AvgIpc) is 2.49. The molecule has 1 rings (SSSR count). The first kappa shape index (κ1) is 10.4. The number of allylic oxidation sites excluding steroid dienone is 1. The van der Waals surface area contributed by atoms with Gasteiger partial charge in [0.2, 0.25) is 0 Å². The van der Waals surface area contributed by atoms with Crippen LogP contribution in [0, 0.1) is 5.92 Å². The molecule has 1 aliphatic rings. The topological polar surface area (TPSA) is 9.23 Å². The molecule has 1 nitrogen and oxygen atoms in total. The lowest BCUT2D eigenvalue weighted by atomic mass is 9.98. The molecule has 1 fully saturated rings. The summed E-state index contributed by atoms with van der Waals surface area (Å²) in [5.41, 5.74) is -0.507. The highest BCUT2D eigenvalue weighted by molar-refractivity contribution is 5.11. The zero-order chi connectivity index (χ0) is 9.90. The van der Waals surface area contributed by atoms with Crippen molar-refractivity contribution in [2.24, 2.45) is 5.92 Å². The summed E-state index contributed by atoms with van der Waals surface area (Å²) < 4.78 is 41.7. The molecular formula is C9H13F3O. The average molecular weight is 194 g/mol. The molecule has 0 radical (unpaired) electrons. The van der Waals surface area contributed by atoms with Gasteiger partial charge in [0.15, 0.2) is 0 Å². The van der Waals surface area contributed by atoms with Gasteiger partial charge in [-0.1, -0.05) is 12.8 Å². The molecule has 0 amide bonds. The Hall–Kier alpha value is -0.670. The van der Waals surface area contributed by atoms with E-state index >= 15 is 0 Å². The van der Waals surface area contributed by atoms with Gasteiger partial charge in [0.1, 0.15) is 0 Å². The van der Waals surface area contributed by atoms with Crippen molar-refractivity contribution in [1.29, 1.82) is 0 Å². The van der Waals surface area contributed by atoms with Crippen LogP contribution in [0.15, 0.2) is 11.8 Å². The van der Waals surface area contributed by atoms with Gasteiger partial charge in [-0.3, -0.25) is 0 Å². The first-order valence-corrected chi connectivity index (χ1v) is 4.35. The molecule has 0 N–H and O–H groups in total. The summed E-state index contributed by atoms with van der Waals surface area (Å²) in [7, 11) is 1.25. The molecule has 1 aliphatic carbocycles. The van der Waals surface area contributed by atoms with Crippen LogP contribution in [0.25, 0.3) is 0 Å². The normalized spacial score (nSPS) is 20.8. The Morgan fingerprint density at radius 1 is 1.31 bits per heavy atom. The quantitative estimate of drug-likeness (QED) is 0.613. The smallest absolute Gasteiger partial charge is 0.415 e. The van der Waals surface area contributed by atoms with Crippen LogP contribution >= 0.6 is 0 Å². The number of methoxy groups -OCH3 is 1. The maximum Gasteiger partial charge on any atom is 0.415 e. The van der Waals surface area contributed by atoms with Crippen molar-refractivity contribution in [3.8, 4) is 0 Å². The third-order valence-electron chi connectivity index (χ3n) is 2.37. The van der Waals surface area contributed by atoms with Gasteiger partial charge in [0, 0.05) is 0 Å². The van der Waals surface area contributed by atoms with Crippen molar-refractivity contribution < 1.29 is 17.9 Å². The van der Waals surface area contributed by atoms with Crippen LogP contribution in [0.4, 0.5) is 13.2 Å². The van der Waals surface area contributed by atoms with Crippen LogP contribution in [0.5, 0.6) is 0 Å². The molecule has 0 bridgehead atoms. The number of hydrogen-bond acceptors (Lipinski definition) is 1. The van der Waals surface area contributed by atoms with E-state index in [1.54, 1.807) is 0 Å². The third kappa shape index (κ3) is 2.64. The second kappa shape index (κ2) is 4.03. The molecule has 0 heterocycles. The van der Waals surface area contributed by atoms with Crippen LogP contribution in [0.3, 0.4) is 0 Å². The van der Waals surface area contributed by atoms with Crippen LogP contribution < -0.4 is 0 Å². The van der Waals surface area contributed by atoms with Crippen molar-refractivity contribution >= 4 is 0 Å². The predicted octanol–water partition coefficient (Wildman–Crippen LogP) is 3.27. The van der Waals surface area contributed by atoms with E-state index in [2.05, 4.69) is 4.74 Å². The van der Waals surface area contributed by atoms with Crippen LogP contribution in [-0.4, -0.2) is 13.3 Å². The van der Waals surface area contributed by atoms with Crippen molar-refractivity contribution in [2.45, 2.75) is 31.9 Å². The lowest BCUT2D eigenvalue weighted by Crippen LogP contribution is -2.18. The van der Waals surface area contributed by atoms with Crippen molar-refractivity contribution in [2.75, 3.05) is 7.11 Å². The van der Waals surface area contributed by atoms with Gasteiger partial charge in [0.05, 0.1) is 18.9 Å². The van der Waals surface area contributed by atoms with Crippen molar-refractivity contribution in [3.05, 3.63) is 11.8 Å². The number of ether oxygens (including phenoxy) is 1. The molecule has 1 saturated carbocycles. The highest BCUT2D eigenvalue weighted by Crippen LogP contribution is 2.39. The fourth-order valence-electron chi connectivity index (χ4n) is 1.76. The molecule has 0 unspecified atom stereocenters. The molecule has 0 spiro atoms. The monoisotopic (exact) mass is 194 g/mol. The Labute approximate surface area is 75.6 Å². The fourth-order valence-corrected chi connectivity index (χ4v) is 1.76. The zero-order valence-electron chi connectivity index (χ0n) is 7.53. The minimum absolute atomic E-state index is 0.347. The van der Waals surface area contributed by atoms with Gasteiger partial charge >= 0.3 is 6.18 Å². The molecule has 4 heteroatoms. The summed E-state index contributed by atoms with van der Waals surface area (Å²) in [6.45, 7) is 0. The summed E-state index contributed by atoms with van der Waals surface area (Å²) in [4.78, 5) is 0. The van der Waals surface area contributed by atoms with E-state index in [1.165, 1.54) is 7.11 Å². The first-order valence-electron chi connectivity index (χ1n) is 4.35. The van der Waals surface area contributed by atoms with Gasteiger partial charge in [-0.2, -0.15) is 13.2 Å². The van der Waals surface area contributed by atoms with Gasteiger partial charge in [0.25, 0.3) is 0 Å². The molecule has 0 saturated heterocycles. The largest absolute Gasteiger partial charge is 0.504 e. The summed E-state index contributed by atoms with van der Waals surface area (Å²) in [6.07, 6.45) is -0.339. The second-order valence-electron chi connectivity index (χ2n) is 3.29.